The highest BCUT2D eigenvalue weighted by molar-refractivity contribution is 5.22. The van der Waals surface area contributed by atoms with E-state index in [0.717, 1.165) is 25.0 Å². The van der Waals surface area contributed by atoms with Gasteiger partial charge in [-0.1, -0.05) is 12.8 Å². The molecule has 0 bridgehead atoms. The van der Waals surface area contributed by atoms with E-state index in [0.29, 0.717) is 17.9 Å². The summed E-state index contributed by atoms with van der Waals surface area (Å²) in [5, 5.41) is 0. The molecule has 4 heteroatoms. The highest BCUT2D eigenvalue weighted by Gasteiger charge is 2.25. The first-order valence-electron chi connectivity index (χ1n) is 4.98. The normalized spacial score (nSPS) is 17.9. The van der Waals surface area contributed by atoms with Crippen LogP contribution < -0.4 is 5.73 Å². The molecule has 2 rings (SSSR count). The van der Waals surface area contributed by atoms with E-state index < -0.39 is 23.5 Å². The maximum absolute atomic E-state index is 12.9. The summed E-state index contributed by atoms with van der Waals surface area (Å²) in [6.07, 6.45) is 2.96. The molecule has 0 aromatic heterocycles. The van der Waals surface area contributed by atoms with Crippen LogP contribution in [0.25, 0.3) is 0 Å². The monoisotopic (exact) mass is 215 g/mol. The molecular formula is C11H12F3N. The lowest BCUT2D eigenvalue weighted by atomic mass is 10.0. The van der Waals surface area contributed by atoms with Crippen molar-refractivity contribution in [3.63, 3.8) is 0 Å². The van der Waals surface area contributed by atoms with Crippen molar-refractivity contribution in [1.82, 2.24) is 0 Å². The van der Waals surface area contributed by atoms with Gasteiger partial charge in [0.1, 0.15) is 0 Å². The fourth-order valence-electron chi connectivity index (χ4n) is 1.64. The van der Waals surface area contributed by atoms with Crippen LogP contribution in [0.2, 0.25) is 0 Å². The molecule has 0 aliphatic heterocycles. The van der Waals surface area contributed by atoms with Crippen LogP contribution in [-0.2, 0) is 0 Å². The molecule has 1 atom stereocenters. The van der Waals surface area contributed by atoms with Gasteiger partial charge in [0.15, 0.2) is 17.5 Å². The second-order valence-electron chi connectivity index (χ2n) is 4.08. The summed E-state index contributed by atoms with van der Waals surface area (Å²) in [6, 6.07) is 1.55. The Hall–Kier alpha value is -1.03. The number of benzene rings is 1. The van der Waals surface area contributed by atoms with E-state index in [1.54, 1.807) is 0 Å². The van der Waals surface area contributed by atoms with E-state index in [1.807, 2.05) is 0 Å². The average Bonchev–Trinajstić information content (AvgIpc) is 2.97. The van der Waals surface area contributed by atoms with Crippen LogP contribution in [0, 0.1) is 23.4 Å². The summed E-state index contributed by atoms with van der Waals surface area (Å²) >= 11 is 0. The second kappa shape index (κ2) is 3.85. The maximum Gasteiger partial charge on any atom is 0.194 e. The topological polar surface area (TPSA) is 26.0 Å². The van der Waals surface area contributed by atoms with Crippen molar-refractivity contribution in [2.75, 3.05) is 0 Å². The molecule has 0 unspecified atom stereocenters. The lowest BCUT2D eigenvalue weighted by Gasteiger charge is -2.11. The third-order valence-electron chi connectivity index (χ3n) is 2.72. The Balaban J connectivity index is 2.19. The fraction of sp³-hybridized carbons (Fsp3) is 0.455. The second-order valence-corrected chi connectivity index (χ2v) is 4.08. The van der Waals surface area contributed by atoms with E-state index in [2.05, 4.69) is 0 Å². The molecule has 1 aliphatic carbocycles. The van der Waals surface area contributed by atoms with Gasteiger partial charge in [0.05, 0.1) is 0 Å². The highest BCUT2D eigenvalue weighted by Crippen LogP contribution is 2.37. The van der Waals surface area contributed by atoms with E-state index in [-0.39, 0.29) is 0 Å². The first kappa shape index (κ1) is 10.5. The molecule has 82 valence electrons. The lowest BCUT2D eigenvalue weighted by molar-refractivity contribution is 0.442. The Morgan fingerprint density at radius 2 is 1.73 bits per heavy atom. The van der Waals surface area contributed by atoms with Crippen LogP contribution in [0.15, 0.2) is 12.1 Å². The number of nitrogens with two attached hydrogens (primary N) is 1. The zero-order valence-electron chi connectivity index (χ0n) is 8.14. The highest BCUT2D eigenvalue weighted by atomic mass is 19.2. The van der Waals surface area contributed by atoms with Crippen LogP contribution in [0.5, 0.6) is 0 Å². The van der Waals surface area contributed by atoms with Crippen LogP contribution in [0.4, 0.5) is 13.2 Å². The zero-order valence-corrected chi connectivity index (χ0v) is 8.14. The van der Waals surface area contributed by atoms with Crippen LogP contribution in [-0.4, -0.2) is 0 Å². The van der Waals surface area contributed by atoms with Crippen molar-refractivity contribution in [2.24, 2.45) is 11.7 Å². The Kier molecular flexibility index (Phi) is 2.69. The quantitative estimate of drug-likeness (QED) is 0.771. The Morgan fingerprint density at radius 1 is 1.20 bits per heavy atom. The number of hydrogen-bond acceptors (Lipinski definition) is 1. The predicted molar refractivity (Wildman–Crippen MR) is 50.6 cm³/mol. The maximum atomic E-state index is 12.9. The largest absolute Gasteiger partial charge is 0.324 e. The molecule has 15 heavy (non-hydrogen) atoms. The van der Waals surface area contributed by atoms with Gasteiger partial charge in [-0.15, -0.1) is 0 Å². The SMILES string of the molecule is N[C@H](CC1CC1)c1cc(F)c(F)c(F)c1. The molecule has 0 amide bonds. The van der Waals surface area contributed by atoms with E-state index in [9.17, 15) is 13.2 Å². The number of hydrogen-bond donors (Lipinski definition) is 1. The molecule has 0 spiro atoms. The predicted octanol–water partition coefficient (Wildman–Crippen LogP) is 2.90. The molecule has 1 aromatic carbocycles. The van der Waals surface area contributed by atoms with Gasteiger partial charge in [0, 0.05) is 6.04 Å². The van der Waals surface area contributed by atoms with E-state index in [1.165, 1.54) is 0 Å². The third-order valence-corrected chi connectivity index (χ3v) is 2.72. The Bertz CT molecular complexity index is 351. The van der Waals surface area contributed by atoms with Crippen molar-refractivity contribution in [3.05, 3.63) is 35.1 Å². The molecule has 1 aliphatic rings. The van der Waals surface area contributed by atoms with Gasteiger partial charge in [0.25, 0.3) is 0 Å². The summed E-state index contributed by atoms with van der Waals surface area (Å²) in [5.74, 6) is -3.21. The van der Waals surface area contributed by atoms with E-state index >= 15 is 0 Å². The molecule has 2 N–H and O–H groups in total. The van der Waals surface area contributed by atoms with Crippen molar-refractivity contribution in [1.29, 1.82) is 0 Å². The minimum absolute atomic E-state index is 0.332. The smallest absolute Gasteiger partial charge is 0.194 e. The Morgan fingerprint density at radius 3 is 2.20 bits per heavy atom. The van der Waals surface area contributed by atoms with Gasteiger partial charge in [-0.2, -0.15) is 0 Å². The van der Waals surface area contributed by atoms with Gasteiger partial charge in [-0.3, -0.25) is 0 Å². The molecule has 0 radical (unpaired) electrons. The molecule has 1 nitrogen and oxygen atoms in total. The summed E-state index contributed by atoms with van der Waals surface area (Å²) in [5.41, 5.74) is 6.10. The van der Waals surface area contributed by atoms with Crippen LogP contribution in [0.1, 0.15) is 30.9 Å². The first-order valence-corrected chi connectivity index (χ1v) is 4.98. The molecule has 0 heterocycles. The number of halogens is 3. The van der Waals surface area contributed by atoms with Gasteiger partial charge in [-0.25, -0.2) is 13.2 Å². The molecule has 1 saturated carbocycles. The van der Waals surface area contributed by atoms with Crippen molar-refractivity contribution in [2.45, 2.75) is 25.3 Å². The summed E-state index contributed by atoms with van der Waals surface area (Å²) in [4.78, 5) is 0. The zero-order chi connectivity index (χ0) is 11.0. The van der Waals surface area contributed by atoms with Crippen LogP contribution >= 0.6 is 0 Å². The molecule has 1 fully saturated rings. The minimum Gasteiger partial charge on any atom is -0.324 e. The van der Waals surface area contributed by atoms with Gasteiger partial charge in [0.2, 0.25) is 0 Å². The molecular weight excluding hydrogens is 203 g/mol. The molecule has 1 aromatic rings. The Labute approximate surface area is 86.1 Å². The summed E-state index contributed by atoms with van der Waals surface area (Å²) in [7, 11) is 0. The van der Waals surface area contributed by atoms with Gasteiger partial charge >= 0.3 is 0 Å². The summed E-state index contributed by atoms with van der Waals surface area (Å²) in [6.45, 7) is 0. The standard InChI is InChI=1S/C11H12F3N/c12-8-4-7(5-9(13)11(8)14)10(15)3-6-1-2-6/h4-6,10H,1-3,15H2/t10-/m1/s1. The minimum atomic E-state index is -1.43. The number of rotatable bonds is 3. The average molecular weight is 215 g/mol. The van der Waals surface area contributed by atoms with Crippen LogP contribution in [0.3, 0.4) is 0 Å². The summed E-state index contributed by atoms with van der Waals surface area (Å²) < 4.78 is 38.4. The van der Waals surface area contributed by atoms with Crippen molar-refractivity contribution >= 4 is 0 Å². The lowest BCUT2D eigenvalue weighted by Crippen LogP contribution is -2.12. The molecule has 0 saturated heterocycles. The fourth-order valence-corrected chi connectivity index (χ4v) is 1.64. The van der Waals surface area contributed by atoms with Crippen molar-refractivity contribution in [3.8, 4) is 0 Å². The first-order chi connectivity index (χ1) is 7.08. The van der Waals surface area contributed by atoms with Gasteiger partial charge in [-0.05, 0) is 30.0 Å². The van der Waals surface area contributed by atoms with E-state index in [4.69, 9.17) is 5.73 Å². The third kappa shape index (κ3) is 2.31. The van der Waals surface area contributed by atoms with Crippen molar-refractivity contribution < 1.29 is 13.2 Å². The van der Waals surface area contributed by atoms with Gasteiger partial charge < -0.3 is 5.73 Å².